The van der Waals surface area contributed by atoms with Crippen LogP contribution in [-0.2, 0) is 0 Å². The van der Waals surface area contributed by atoms with E-state index >= 15 is 0 Å². The van der Waals surface area contributed by atoms with Crippen LogP contribution in [0.15, 0.2) is 33.1 Å². The molecule has 0 radical (unpaired) electrons. The predicted octanol–water partition coefficient (Wildman–Crippen LogP) is 2.40. The summed E-state index contributed by atoms with van der Waals surface area (Å²) in [4.78, 5) is 0. The van der Waals surface area contributed by atoms with Crippen molar-refractivity contribution < 1.29 is 8.83 Å². The fourth-order valence-corrected chi connectivity index (χ4v) is 1.61. The number of aromatic nitrogens is 4. The van der Waals surface area contributed by atoms with Crippen LogP contribution >= 0.6 is 0 Å². The van der Waals surface area contributed by atoms with Crippen LogP contribution in [0.25, 0.3) is 22.9 Å². The molecule has 0 bridgehead atoms. The van der Waals surface area contributed by atoms with Crippen molar-refractivity contribution in [2.45, 2.75) is 13.8 Å². The van der Waals surface area contributed by atoms with Gasteiger partial charge in [0.05, 0.1) is 0 Å². The molecule has 2 heterocycles. The Bertz CT molecular complexity index is 631. The molecule has 0 aliphatic rings. The molecule has 0 spiro atoms. The summed E-state index contributed by atoms with van der Waals surface area (Å²) in [7, 11) is 0. The van der Waals surface area contributed by atoms with Crippen molar-refractivity contribution in [3.8, 4) is 22.9 Å². The summed E-state index contributed by atoms with van der Waals surface area (Å²) in [6.07, 6.45) is 0. The Morgan fingerprint density at radius 3 is 1.67 bits per heavy atom. The first-order valence-electron chi connectivity index (χ1n) is 5.43. The average molecular weight is 242 g/mol. The van der Waals surface area contributed by atoms with Gasteiger partial charge in [0, 0.05) is 25.0 Å². The van der Waals surface area contributed by atoms with E-state index in [2.05, 4.69) is 20.4 Å². The van der Waals surface area contributed by atoms with Crippen LogP contribution in [-0.4, -0.2) is 20.4 Å². The van der Waals surface area contributed by atoms with Gasteiger partial charge in [-0.2, -0.15) is 0 Å². The summed E-state index contributed by atoms with van der Waals surface area (Å²) >= 11 is 0. The van der Waals surface area contributed by atoms with Gasteiger partial charge >= 0.3 is 0 Å². The molecule has 0 fully saturated rings. The number of benzene rings is 1. The van der Waals surface area contributed by atoms with E-state index in [1.807, 2.05) is 24.3 Å². The second kappa shape index (κ2) is 4.06. The zero-order valence-corrected chi connectivity index (χ0v) is 9.91. The molecule has 6 heteroatoms. The Morgan fingerprint density at radius 1 is 0.778 bits per heavy atom. The largest absolute Gasteiger partial charge is 0.421 e. The maximum Gasteiger partial charge on any atom is 0.247 e. The Balaban J connectivity index is 2.04. The van der Waals surface area contributed by atoms with Crippen LogP contribution in [0, 0.1) is 13.8 Å². The quantitative estimate of drug-likeness (QED) is 0.686. The van der Waals surface area contributed by atoms with E-state index in [9.17, 15) is 0 Å². The standard InChI is InChI=1S/C12H10N4O2/c1-7-13-15-11(17-7)9-4-3-5-10(6-9)12-16-14-8(2)18-12/h3-6H,1-2H3. The fourth-order valence-electron chi connectivity index (χ4n) is 1.61. The Hall–Kier alpha value is -2.50. The van der Waals surface area contributed by atoms with E-state index in [1.54, 1.807) is 13.8 Å². The SMILES string of the molecule is Cc1nnc(-c2cccc(-c3nnc(C)o3)c2)o1. The van der Waals surface area contributed by atoms with Crippen LogP contribution in [0.4, 0.5) is 0 Å². The lowest BCUT2D eigenvalue weighted by Gasteiger charge is -1.97. The van der Waals surface area contributed by atoms with Crippen molar-refractivity contribution in [1.82, 2.24) is 20.4 Å². The maximum absolute atomic E-state index is 5.38. The van der Waals surface area contributed by atoms with Gasteiger partial charge in [-0.1, -0.05) is 6.07 Å². The van der Waals surface area contributed by atoms with Gasteiger partial charge in [-0.15, -0.1) is 20.4 Å². The van der Waals surface area contributed by atoms with Gasteiger partial charge in [0.25, 0.3) is 0 Å². The Kier molecular flexibility index (Phi) is 2.40. The zero-order chi connectivity index (χ0) is 12.5. The summed E-state index contributed by atoms with van der Waals surface area (Å²) in [6.45, 7) is 3.50. The highest BCUT2D eigenvalue weighted by molar-refractivity contribution is 5.63. The molecule has 0 amide bonds. The third-order valence-electron chi connectivity index (χ3n) is 2.41. The van der Waals surface area contributed by atoms with E-state index in [-0.39, 0.29) is 0 Å². The average Bonchev–Trinajstić information content (AvgIpc) is 2.98. The van der Waals surface area contributed by atoms with Gasteiger partial charge in [0.1, 0.15) is 0 Å². The first-order chi connectivity index (χ1) is 8.72. The van der Waals surface area contributed by atoms with Crippen LogP contribution in [0.3, 0.4) is 0 Å². The first kappa shape index (κ1) is 10.6. The minimum Gasteiger partial charge on any atom is -0.421 e. The van der Waals surface area contributed by atoms with Gasteiger partial charge in [0.2, 0.25) is 23.6 Å². The molecule has 0 atom stereocenters. The molecule has 0 saturated carbocycles. The van der Waals surface area contributed by atoms with Crippen molar-refractivity contribution in [3.05, 3.63) is 36.0 Å². The molecule has 6 nitrogen and oxygen atoms in total. The summed E-state index contributed by atoms with van der Waals surface area (Å²) in [5.41, 5.74) is 1.65. The predicted molar refractivity (Wildman–Crippen MR) is 62.5 cm³/mol. The Labute approximate surface area is 103 Å². The molecule has 0 N–H and O–H groups in total. The molecule has 3 rings (SSSR count). The molecule has 2 aromatic heterocycles. The van der Waals surface area contributed by atoms with E-state index in [0.29, 0.717) is 23.6 Å². The highest BCUT2D eigenvalue weighted by Gasteiger charge is 2.10. The van der Waals surface area contributed by atoms with Crippen molar-refractivity contribution >= 4 is 0 Å². The molecule has 3 aromatic rings. The highest BCUT2D eigenvalue weighted by atomic mass is 16.4. The third-order valence-corrected chi connectivity index (χ3v) is 2.41. The molecular formula is C12H10N4O2. The monoisotopic (exact) mass is 242 g/mol. The number of nitrogens with zero attached hydrogens (tertiary/aromatic N) is 4. The maximum atomic E-state index is 5.38. The van der Waals surface area contributed by atoms with Crippen molar-refractivity contribution in [2.24, 2.45) is 0 Å². The molecule has 1 aromatic carbocycles. The third kappa shape index (κ3) is 1.88. The number of hydrogen-bond donors (Lipinski definition) is 0. The van der Waals surface area contributed by atoms with E-state index in [4.69, 9.17) is 8.83 Å². The lowest BCUT2D eigenvalue weighted by molar-refractivity contribution is 0.531. The van der Waals surface area contributed by atoms with Crippen LogP contribution in [0.2, 0.25) is 0 Å². The van der Waals surface area contributed by atoms with Gasteiger partial charge < -0.3 is 8.83 Å². The lowest BCUT2D eigenvalue weighted by atomic mass is 10.1. The second-order valence-corrected chi connectivity index (χ2v) is 3.83. The smallest absolute Gasteiger partial charge is 0.247 e. The molecule has 0 aliphatic heterocycles. The van der Waals surface area contributed by atoms with Gasteiger partial charge in [0.15, 0.2) is 0 Å². The van der Waals surface area contributed by atoms with Crippen LogP contribution < -0.4 is 0 Å². The topological polar surface area (TPSA) is 77.8 Å². The second-order valence-electron chi connectivity index (χ2n) is 3.83. The molecule has 0 aliphatic carbocycles. The summed E-state index contributed by atoms with van der Waals surface area (Å²) in [5, 5.41) is 15.5. The molecular weight excluding hydrogens is 232 g/mol. The number of hydrogen-bond acceptors (Lipinski definition) is 6. The van der Waals surface area contributed by atoms with Crippen LogP contribution in [0.1, 0.15) is 11.8 Å². The van der Waals surface area contributed by atoms with Gasteiger partial charge in [-0.3, -0.25) is 0 Å². The normalized spacial score (nSPS) is 10.8. The molecule has 0 unspecified atom stereocenters. The zero-order valence-electron chi connectivity index (χ0n) is 9.91. The summed E-state index contributed by atoms with van der Waals surface area (Å²) < 4.78 is 10.8. The van der Waals surface area contributed by atoms with Gasteiger partial charge in [-0.05, 0) is 18.2 Å². The molecule has 18 heavy (non-hydrogen) atoms. The van der Waals surface area contributed by atoms with E-state index in [0.717, 1.165) is 11.1 Å². The first-order valence-corrected chi connectivity index (χ1v) is 5.43. The van der Waals surface area contributed by atoms with Crippen molar-refractivity contribution in [2.75, 3.05) is 0 Å². The Morgan fingerprint density at radius 2 is 1.28 bits per heavy atom. The minimum atomic E-state index is 0.477. The highest BCUT2D eigenvalue weighted by Crippen LogP contribution is 2.24. The number of aryl methyl sites for hydroxylation is 2. The summed E-state index contributed by atoms with van der Waals surface area (Å²) in [6, 6.07) is 7.53. The van der Waals surface area contributed by atoms with E-state index < -0.39 is 0 Å². The van der Waals surface area contributed by atoms with Crippen molar-refractivity contribution in [1.29, 1.82) is 0 Å². The lowest BCUT2D eigenvalue weighted by Crippen LogP contribution is -1.82. The number of rotatable bonds is 2. The molecule has 0 saturated heterocycles. The fraction of sp³-hybridized carbons (Fsp3) is 0.167. The molecule has 90 valence electrons. The van der Waals surface area contributed by atoms with Crippen molar-refractivity contribution in [3.63, 3.8) is 0 Å². The van der Waals surface area contributed by atoms with Crippen LogP contribution in [0.5, 0.6) is 0 Å². The minimum absolute atomic E-state index is 0.477. The summed E-state index contributed by atoms with van der Waals surface area (Å²) in [5.74, 6) is 2.02. The van der Waals surface area contributed by atoms with E-state index in [1.165, 1.54) is 0 Å². The van der Waals surface area contributed by atoms with Gasteiger partial charge in [-0.25, -0.2) is 0 Å².